The average molecular weight is 861 g/mol. The lowest BCUT2D eigenvalue weighted by atomic mass is 10.0. The Morgan fingerprint density at radius 1 is 0.639 bits per heavy atom. The van der Waals surface area contributed by atoms with Crippen LogP contribution in [0.2, 0.25) is 0 Å². The maximum atomic E-state index is 13.3. The van der Waals surface area contributed by atoms with Crippen molar-refractivity contribution < 1.29 is 70.8 Å². The van der Waals surface area contributed by atoms with E-state index in [1.54, 1.807) is 26.0 Å². The second-order valence-corrected chi connectivity index (χ2v) is 15.8. The largest absolute Gasteiger partial charge is 0.507 e. The van der Waals surface area contributed by atoms with Gasteiger partial charge in [0.2, 0.25) is 6.54 Å². The summed E-state index contributed by atoms with van der Waals surface area (Å²) in [6, 6.07) is 16.3. The number of phenols is 2. The fraction of sp³-hybridized carbons (Fsp3) is 0.548. The summed E-state index contributed by atoms with van der Waals surface area (Å²) in [7, 11) is 0. The molecule has 0 aromatic heterocycles. The van der Waals surface area contributed by atoms with Gasteiger partial charge in [0.15, 0.2) is 12.0 Å². The number of phenolic OH excluding ortho intramolecular Hbond substituents is 2. The third-order valence-corrected chi connectivity index (χ3v) is 10.8. The predicted octanol–water partition coefficient (Wildman–Crippen LogP) is -2.11. The van der Waals surface area contributed by atoms with Gasteiger partial charge in [-0.3, -0.25) is 19.5 Å². The number of amides is 1. The SMILES string of the molecule is Cc1cc(CN2CCN(Cc3ccccc3)CCCN(Cc3cc(C)cc([N+](=O)CC(O)C(O)C(O)C(O)CO)c3O)CC2)c(O)c(C(=O)NC(O)C(O)C(O)C(O)CO)c1. The Bertz CT molecular complexity index is 1880. The lowest BCUT2D eigenvalue weighted by molar-refractivity contribution is -0.478. The van der Waals surface area contributed by atoms with Crippen molar-refractivity contribution in [3.05, 3.63) is 92.9 Å². The van der Waals surface area contributed by atoms with E-state index >= 15 is 0 Å². The van der Waals surface area contributed by atoms with Crippen molar-refractivity contribution >= 4 is 11.6 Å². The Labute approximate surface area is 354 Å². The van der Waals surface area contributed by atoms with Crippen LogP contribution in [0.4, 0.5) is 5.69 Å². The molecule has 13 N–H and O–H groups in total. The van der Waals surface area contributed by atoms with Crippen molar-refractivity contribution in [3.63, 3.8) is 0 Å². The zero-order valence-corrected chi connectivity index (χ0v) is 34.5. The second kappa shape index (κ2) is 23.3. The van der Waals surface area contributed by atoms with E-state index in [0.717, 1.165) is 12.0 Å². The molecule has 0 aliphatic carbocycles. The molecule has 0 spiro atoms. The van der Waals surface area contributed by atoms with E-state index in [-0.39, 0.29) is 35.8 Å². The summed E-state index contributed by atoms with van der Waals surface area (Å²) in [6.07, 6.45) is -14.6. The smallest absolute Gasteiger partial charge is 0.298 e. The van der Waals surface area contributed by atoms with Crippen LogP contribution in [0.1, 0.15) is 44.6 Å². The van der Waals surface area contributed by atoms with Gasteiger partial charge in [-0.25, -0.2) is 0 Å². The van der Waals surface area contributed by atoms with Gasteiger partial charge < -0.3 is 66.6 Å². The highest BCUT2D eigenvalue weighted by Gasteiger charge is 2.36. The van der Waals surface area contributed by atoms with E-state index in [2.05, 4.69) is 20.0 Å². The fourth-order valence-electron chi connectivity index (χ4n) is 7.27. The second-order valence-electron chi connectivity index (χ2n) is 15.8. The van der Waals surface area contributed by atoms with Gasteiger partial charge in [0.05, 0.1) is 18.8 Å². The maximum Gasteiger partial charge on any atom is 0.298 e. The lowest BCUT2D eigenvalue weighted by Crippen LogP contribution is -2.52. The molecule has 4 rings (SSSR count). The minimum Gasteiger partial charge on any atom is -0.507 e. The maximum absolute atomic E-state index is 13.3. The molecule has 19 nitrogen and oxygen atoms in total. The van der Waals surface area contributed by atoms with Crippen LogP contribution in [0.25, 0.3) is 0 Å². The van der Waals surface area contributed by atoms with Crippen LogP contribution in [0.3, 0.4) is 0 Å². The highest BCUT2D eigenvalue weighted by Crippen LogP contribution is 2.33. The number of aryl methyl sites for hydroxylation is 2. The summed E-state index contributed by atoms with van der Waals surface area (Å²) < 4.78 is 0.292. The topological polar surface area (TPSA) is 302 Å². The van der Waals surface area contributed by atoms with E-state index in [0.29, 0.717) is 72.8 Å². The quantitative estimate of drug-likeness (QED) is 0.0454. The van der Waals surface area contributed by atoms with Gasteiger partial charge in [-0.15, -0.1) is 0 Å². The molecular weight excluding hydrogens is 798 g/mol. The molecule has 0 radical (unpaired) electrons. The molecule has 1 amide bonds. The summed E-state index contributed by atoms with van der Waals surface area (Å²) in [6.45, 7) is 5.44. The van der Waals surface area contributed by atoms with Gasteiger partial charge in [0, 0.05) is 72.7 Å². The van der Waals surface area contributed by atoms with Gasteiger partial charge in [-0.1, -0.05) is 42.5 Å². The summed E-state index contributed by atoms with van der Waals surface area (Å²) in [5.74, 6) is -1.67. The minimum absolute atomic E-state index is 0.175. The van der Waals surface area contributed by atoms with Crippen LogP contribution in [-0.2, 0) is 19.6 Å². The van der Waals surface area contributed by atoms with Crippen molar-refractivity contribution in [3.8, 4) is 11.5 Å². The van der Waals surface area contributed by atoms with E-state index in [1.807, 2.05) is 30.3 Å². The molecule has 8 atom stereocenters. The molecule has 8 unspecified atom stereocenters. The van der Waals surface area contributed by atoms with Crippen molar-refractivity contribution in [2.24, 2.45) is 0 Å². The van der Waals surface area contributed by atoms with Gasteiger partial charge in [0.1, 0.15) is 48.5 Å². The van der Waals surface area contributed by atoms with Gasteiger partial charge in [-0.2, -0.15) is 0 Å². The molecule has 0 saturated carbocycles. The molecule has 338 valence electrons. The summed E-state index contributed by atoms with van der Waals surface area (Å²) in [5, 5.41) is 124. The summed E-state index contributed by atoms with van der Waals surface area (Å²) >= 11 is 0. The highest BCUT2D eigenvalue weighted by atomic mass is 16.4. The third kappa shape index (κ3) is 13.9. The fourth-order valence-corrected chi connectivity index (χ4v) is 7.27. The monoisotopic (exact) mass is 860 g/mol. The number of hydrogen-bond donors (Lipinski definition) is 13. The molecule has 1 heterocycles. The molecule has 1 fully saturated rings. The molecule has 1 saturated heterocycles. The summed E-state index contributed by atoms with van der Waals surface area (Å²) in [5.41, 5.74) is 2.80. The molecule has 19 heteroatoms. The van der Waals surface area contributed by atoms with Crippen LogP contribution in [0, 0.1) is 18.8 Å². The van der Waals surface area contributed by atoms with Crippen LogP contribution >= 0.6 is 0 Å². The van der Waals surface area contributed by atoms with Crippen LogP contribution < -0.4 is 5.32 Å². The summed E-state index contributed by atoms with van der Waals surface area (Å²) in [4.78, 5) is 33.0. The average Bonchev–Trinajstić information content (AvgIpc) is 3.24. The molecule has 0 bridgehead atoms. The number of nitroso groups, excluding NO2 is 1. The first-order valence-corrected chi connectivity index (χ1v) is 20.2. The Morgan fingerprint density at radius 2 is 1.11 bits per heavy atom. The Balaban J connectivity index is 1.57. The zero-order valence-electron chi connectivity index (χ0n) is 34.5. The number of nitrogens with zero attached hydrogens (tertiary/aromatic N) is 4. The van der Waals surface area contributed by atoms with E-state index in [9.17, 15) is 60.8 Å². The van der Waals surface area contributed by atoms with Gasteiger partial charge >= 0.3 is 0 Å². The zero-order chi connectivity index (χ0) is 45.0. The molecule has 3 aromatic carbocycles. The number of nitrogens with one attached hydrogen (secondary N) is 1. The normalized spacial score (nSPS) is 19.0. The number of rotatable bonds is 19. The van der Waals surface area contributed by atoms with E-state index in [4.69, 9.17) is 10.2 Å². The van der Waals surface area contributed by atoms with Crippen LogP contribution in [0.15, 0.2) is 54.6 Å². The van der Waals surface area contributed by atoms with Gasteiger partial charge in [-0.05, 0) is 56.1 Å². The third-order valence-electron chi connectivity index (χ3n) is 10.8. The van der Waals surface area contributed by atoms with Crippen molar-refractivity contribution in [1.82, 2.24) is 20.0 Å². The minimum atomic E-state index is -2.05. The number of aromatic hydroxyl groups is 2. The van der Waals surface area contributed by atoms with Crippen molar-refractivity contribution in [2.75, 3.05) is 59.0 Å². The van der Waals surface area contributed by atoms with Crippen LogP contribution in [-0.4, -0.2) is 195 Å². The van der Waals surface area contributed by atoms with E-state index in [1.165, 1.54) is 12.1 Å². The predicted molar refractivity (Wildman–Crippen MR) is 220 cm³/mol. The number of hydrogen-bond acceptors (Lipinski definition) is 17. The number of aliphatic hydroxyl groups is 10. The highest BCUT2D eigenvalue weighted by molar-refractivity contribution is 5.97. The number of aliphatic hydroxyl groups excluding tert-OH is 10. The first kappa shape index (κ1) is 49.5. The number of carbonyl (C=O) groups is 1. The van der Waals surface area contributed by atoms with Crippen molar-refractivity contribution in [2.45, 2.75) is 88.9 Å². The number of benzene rings is 3. The first-order valence-electron chi connectivity index (χ1n) is 20.2. The standard InChI is InChI=1S/C42H61N5O14/c1-25-15-28(35(53)30(17-25)41(59)43-42(60)40(58)39(57)34(52)24-49)20-46-13-11-44(19-27-7-4-3-5-8-27)9-6-10-45(12-14-46)21-29-16-26(2)18-31(36(29)54)47(61)22-32(50)37(55)38(56)33(51)23-48/h3-5,7-8,15-18,32-34,37-40,42,48-52,55-58,60H,6,9-14,19-24H2,1-2H3,(H2-,43,53,54,59,61)/p+1. The number of carbonyl (C=O) groups excluding carboxylic acids is 1. The molecule has 61 heavy (non-hydrogen) atoms. The van der Waals surface area contributed by atoms with Gasteiger partial charge in [0.25, 0.3) is 11.6 Å². The molecular formula is C42H62N5O14+. The first-order chi connectivity index (χ1) is 28.9. The molecule has 3 aromatic rings. The van der Waals surface area contributed by atoms with Crippen molar-refractivity contribution in [1.29, 1.82) is 0 Å². The molecule has 1 aliphatic heterocycles. The lowest BCUT2D eigenvalue weighted by Gasteiger charge is -2.33. The van der Waals surface area contributed by atoms with Crippen LogP contribution in [0.5, 0.6) is 11.5 Å². The Morgan fingerprint density at radius 3 is 1.67 bits per heavy atom. The van der Waals surface area contributed by atoms with E-state index < -0.39 is 74.6 Å². The Hall–Kier alpha value is -4.19. The molecule has 1 aliphatic rings. The Kier molecular flexibility index (Phi) is 18.9.